The highest BCUT2D eigenvalue weighted by atomic mass is 79.9. The first kappa shape index (κ1) is 13.8. The maximum absolute atomic E-state index is 9.04. The van der Waals surface area contributed by atoms with Gasteiger partial charge in [0.1, 0.15) is 5.82 Å². The second kappa shape index (κ2) is 5.34. The van der Waals surface area contributed by atoms with Gasteiger partial charge in [-0.2, -0.15) is 5.26 Å². The molecule has 3 nitrogen and oxygen atoms in total. The van der Waals surface area contributed by atoms with Gasteiger partial charge in [-0.15, -0.1) is 0 Å². The third kappa shape index (κ3) is 2.34. The Hall–Kier alpha value is -2.12. The van der Waals surface area contributed by atoms with Gasteiger partial charge in [-0.25, -0.2) is 4.98 Å². The van der Waals surface area contributed by atoms with Crippen molar-refractivity contribution in [3.8, 4) is 17.5 Å². The van der Waals surface area contributed by atoms with Crippen molar-refractivity contribution < 1.29 is 0 Å². The summed E-state index contributed by atoms with van der Waals surface area (Å²) >= 11 is 3.61. The fraction of sp³-hybridized carbons (Fsp3) is 0.176. The van der Waals surface area contributed by atoms with Crippen LogP contribution in [-0.4, -0.2) is 9.55 Å². The van der Waals surface area contributed by atoms with E-state index in [-0.39, 0.29) is 0 Å². The van der Waals surface area contributed by atoms with E-state index in [0.717, 1.165) is 33.4 Å². The molecule has 1 heterocycles. The summed E-state index contributed by atoms with van der Waals surface area (Å²) in [5.74, 6) is 0.929. The fourth-order valence-electron chi connectivity index (χ4n) is 2.54. The summed E-state index contributed by atoms with van der Waals surface area (Å²) in [4.78, 5) is 4.75. The summed E-state index contributed by atoms with van der Waals surface area (Å²) in [5.41, 5.74) is 4.82. The maximum Gasteiger partial charge on any atom is 0.142 e. The van der Waals surface area contributed by atoms with E-state index < -0.39 is 0 Å². The number of halogens is 1. The molecule has 0 aliphatic heterocycles. The van der Waals surface area contributed by atoms with E-state index in [4.69, 9.17) is 10.2 Å². The Morgan fingerprint density at radius 2 is 2.05 bits per heavy atom. The van der Waals surface area contributed by atoms with Crippen molar-refractivity contribution in [2.75, 3.05) is 0 Å². The van der Waals surface area contributed by atoms with Gasteiger partial charge in [-0.1, -0.05) is 27.6 Å². The van der Waals surface area contributed by atoms with Gasteiger partial charge < -0.3 is 4.57 Å². The van der Waals surface area contributed by atoms with Gasteiger partial charge in [0.15, 0.2) is 0 Å². The van der Waals surface area contributed by atoms with Gasteiger partial charge in [0, 0.05) is 16.6 Å². The number of nitriles is 1. The number of rotatable bonds is 2. The van der Waals surface area contributed by atoms with Crippen LogP contribution >= 0.6 is 15.9 Å². The summed E-state index contributed by atoms with van der Waals surface area (Å²) in [6.45, 7) is 5.01. The summed E-state index contributed by atoms with van der Waals surface area (Å²) in [6.07, 6.45) is 0. The van der Waals surface area contributed by atoms with Crippen molar-refractivity contribution in [1.82, 2.24) is 9.55 Å². The van der Waals surface area contributed by atoms with Crippen LogP contribution in [0.25, 0.3) is 22.4 Å². The van der Waals surface area contributed by atoms with Crippen molar-refractivity contribution in [3.63, 3.8) is 0 Å². The highest BCUT2D eigenvalue weighted by Gasteiger charge is 2.14. The molecule has 2 aromatic carbocycles. The van der Waals surface area contributed by atoms with E-state index in [1.165, 1.54) is 5.56 Å². The molecule has 0 atom stereocenters. The largest absolute Gasteiger partial charge is 0.324 e. The third-order valence-corrected chi connectivity index (χ3v) is 4.25. The van der Waals surface area contributed by atoms with Crippen LogP contribution in [0.1, 0.15) is 18.1 Å². The van der Waals surface area contributed by atoms with Gasteiger partial charge in [0.05, 0.1) is 22.7 Å². The number of aromatic nitrogens is 2. The lowest BCUT2D eigenvalue weighted by atomic mass is 10.1. The molecule has 0 N–H and O–H groups in total. The third-order valence-electron chi connectivity index (χ3n) is 3.56. The Kier molecular flexibility index (Phi) is 3.52. The van der Waals surface area contributed by atoms with Crippen molar-refractivity contribution in [2.24, 2.45) is 0 Å². The number of fused-ring (bicyclic) bond motifs is 1. The number of benzene rings is 2. The van der Waals surface area contributed by atoms with Crippen LogP contribution in [0.4, 0.5) is 0 Å². The molecule has 21 heavy (non-hydrogen) atoms. The highest BCUT2D eigenvalue weighted by Crippen LogP contribution is 2.31. The van der Waals surface area contributed by atoms with E-state index in [2.05, 4.69) is 52.5 Å². The van der Waals surface area contributed by atoms with E-state index in [9.17, 15) is 0 Å². The van der Waals surface area contributed by atoms with Crippen LogP contribution in [0.15, 0.2) is 40.9 Å². The molecule has 0 unspecified atom stereocenters. The molecule has 0 saturated carbocycles. The Balaban J connectivity index is 2.32. The predicted octanol–water partition coefficient (Wildman–Crippen LogP) is 4.67. The average Bonchev–Trinajstić information content (AvgIpc) is 2.86. The Morgan fingerprint density at radius 3 is 2.76 bits per heavy atom. The van der Waals surface area contributed by atoms with Gasteiger partial charge in [0.2, 0.25) is 0 Å². The van der Waals surface area contributed by atoms with E-state index in [0.29, 0.717) is 5.56 Å². The zero-order chi connectivity index (χ0) is 15.0. The lowest BCUT2D eigenvalue weighted by Crippen LogP contribution is -1.98. The number of imidazole rings is 1. The molecule has 1 aromatic heterocycles. The molecule has 0 fully saturated rings. The summed E-state index contributed by atoms with van der Waals surface area (Å²) < 4.78 is 3.20. The molecule has 0 saturated heterocycles. The van der Waals surface area contributed by atoms with Gasteiger partial charge in [-0.3, -0.25) is 0 Å². The molecule has 104 valence electrons. The fourth-order valence-corrected chi connectivity index (χ4v) is 2.96. The second-order valence-corrected chi connectivity index (χ2v) is 5.83. The summed E-state index contributed by atoms with van der Waals surface area (Å²) in [5, 5.41) is 9.04. The number of hydrogen-bond donors (Lipinski definition) is 0. The van der Waals surface area contributed by atoms with E-state index >= 15 is 0 Å². The van der Waals surface area contributed by atoms with Crippen molar-refractivity contribution >= 4 is 27.0 Å². The quantitative estimate of drug-likeness (QED) is 0.680. The molecule has 4 heteroatoms. The smallest absolute Gasteiger partial charge is 0.142 e. The first-order valence-electron chi connectivity index (χ1n) is 6.81. The first-order chi connectivity index (χ1) is 10.1. The van der Waals surface area contributed by atoms with Crippen molar-refractivity contribution in [3.05, 3.63) is 52.0 Å². The first-order valence-corrected chi connectivity index (χ1v) is 7.60. The minimum absolute atomic E-state index is 0.637. The Morgan fingerprint density at radius 1 is 1.24 bits per heavy atom. The van der Waals surface area contributed by atoms with Crippen LogP contribution in [0.5, 0.6) is 0 Å². The highest BCUT2D eigenvalue weighted by molar-refractivity contribution is 9.10. The topological polar surface area (TPSA) is 41.6 Å². The zero-order valence-corrected chi connectivity index (χ0v) is 13.5. The van der Waals surface area contributed by atoms with E-state index in [1.54, 1.807) is 0 Å². The molecule has 0 aliphatic rings. The maximum atomic E-state index is 9.04. The van der Waals surface area contributed by atoms with Gasteiger partial charge >= 0.3 is 0 Å². The van der Waals surface area contributed by atoms with Crippen molar-refractivity contribution in [2.45, 2.75) is 20.4 Å². The molecular weight excluding hydrogens is 326 g/mol. The van der Waals surface area contributed by atoms with Crippen LogP contribution in [0.3, 0.4) is 0 Å². The van der Waals surface area contributed by atoms with Crippen LogP contribution in [0, 0.1) is 18.3 Å². The standard InChI is InChI=1S/C17H14BrN3/c1-3-21-16-7-5-12(10-19)9-15(16)20-17(21)13-8-11(2)4-6-14(13)18/h4-9H,3H2,1-2H3. The number of aryl methyl sites for hydroxylation is 2. The lowest BCUT2D eigenvalue weighted by molar-refractivity contribution is 0.796. The average molecular weight is 340 g/mol. The number of nitrogens with zero attached hydrogens (tertiary/aromatic N) is 3. The lowest BCUT2D eigenvalue weighted by Gasteiger charge is -2.08. The van der Waals surface area contributed by atoms with E-state index in [1.807, 2.05) is 24.3 Å². The van der Waals surface area contributed by atoms with Crippen LogP contribution in [0.2, 0.25) is 0 Å². The minimum atomic E-state index is 0.637. The molecule has 3 aromatic rings. The van der Waals surface area contributed by atoms with Crippen LogP contribution < -0.4 is 0 Å². The molecule has 0 bridgehead atoms. The normalized spacial score (nSPS) is 10.8. The zero-order valence-electron chi connectivity index (χ0n) is 11.9. The van der Waals surface area contributed by atoms with Gasteiger partial charge in [-0.05, 0) is 44.2 Å². The summed E-state index contributed by atoms with van der Waals surface area (Å²) in [7, 11) is 0. The number of hydrogen-bond acceptors (Lipinski definition) is 2. The minimum Gasteiger partial charge on any atom is -0.324 e. The Labute approximate surface area is 132 Å². The monoisotopic (exact) mass is 339 g/mol. The molecule has 0 aliphatic carbocycles. The molecule has 0 radical (unpaired) electrons. The molecule has 0 amide bonds. The molecular formula is C17H14BrN3. The Bertz CT molecular complexity index is 872. The van der Waals surface area contributed by atoms with Crippen LogP contribution in [-0.2, 0) is 6.54 Å². The second-order valence-electron chi connectivity index (χ2n) is 4.98. The van der Waals surface area contributed by atoms with Gasteiger partial charge in [0.25, 0.3) is 0 Å². The molecule has 0 spiro atoms. The summed E-state index contributed by atoms with van der Waals surface area (Å²) in [6, 6.07) is 14.1. The molecule has 3 rings (SSSR count). The SMILES string of the molecule is CCn1c(-c2cc(C)ccc2Br)nc2cc(C#N)ccc21. The predicted molar refractivity (Wildman–Crippen MR) is 88.0 cm³/mol. The van der Waals surface area contributed by atoms with Crippen molar-refractivity contribution in [1.29, 1.82) is 5.26 Å².